The Morgan fingerprint density at radius 2 is 2.32 bits per heavy atom. The van der Waals surface area contributed by atoms with Crippen molar-refractivity contribution in [3.63, 3.8) is 0 Å². The molecule has 2 rings (SSSR count). The number of hydrogen-bond donors (Lipinski definition) is 1. The molecule has 0 bridgehead atoms. The summed E-state index contributed by atoms with van der Waals surface area (Å²) in [7, 11) is 0. The zero-order valence-electron chi connectivity index (χ0n) is 11.0. The molecule has 1 heterocycles. The number of hydrogen-bond acceptors (Lipinski definition) is 2. The lowest BCUT2D eigenvalue weighted by atomic mass is 10.2. The van der Waals surface area contributed by atoms with Crippen molar-refractivity contribution in [1.82, 2.24) is 15.1 Å². The van der Waals surface area contributed by atoms with E-state index in [2.05, 4.69) is 17.3 Å². The third-order valence-corrected chi connectivity index (χ3v) is 3.37. The summed E-state index contributed by atoms with van der Waals surface area (Å²) in [5, 5.41) is 8.79. The minimum absolute atomic E-state index is 0.0686. The van der Waals surface area contributed by atoms with E-state index in [4.69, 9.17) is 11.6 Å². The molecule has 0 aliphatic rings. The zero-order chi connectivity index (χ0) is 13.7. The molecule has 5 heteroatoms. The predicted octanol–water partition coefficient (Wildman–Crippen LogP) is 3.00. The average molecular weight is 280 g/mol. The quantitative estimate of drug-likeness (QED) is 0.826. The van der Waals surface area contributed by atoms with Crippen LogP contribution in [0.25, 0.3) is 10.9 Å². The molecule has 0 spiro atoms. The van der Waals surface area contributed by atoms with Crippen LogP contribution in [-0.4, -0.2) is 22.2 Å². The lowest BCUT2D eigenvalue weighted by molar-refractivity contribution is -0.121. The Balaban J connectivity index is 1.95. The number of amides is 1. The second-order valence-electron chi connectivity index (χ2n) is 4.49. The van der Waals surface area contributed by atoms with Crippen LogP contribution in [0.5, 0.6) is 0 Å². The molecular weight excluding hydrogens is 262 g/mol. The van der Waals surface area contributed by atoms with Gasteiger partial charge in [-0.1, -0.05) is 31.0 Å². The molecule has 0 unspecified atom stereocenters. The summed E-state index contributed by atoms with van der Waals surface area (Å²) in [6.07, 6.45) is 4.29. The third kappa shape index (κ3) is 3.47. The summed E-state index contributed by atoms with van der Waals surface area (Å²) in [6.45, 7) is 3.43. The van der Waals surface area contributed by atoms with E-state index in [-0.39, 0.29) is 5.91 Å². The van der Waals surface area contributed by atoms with E-state index in [0.717, 1.165) is 30.3 Å². The van der Waals surface area contributed by atoms with Gasteiger partial charge >= 0.3 is 0 Å². The number of unbranched alkanes of at least 4 members (excludes halogenated alkanes) is 1. The largest absolute Gasteiger partial charge is 0.356 e. The minimum Gasteiger partial charge on any atom is -0.356 e. The number of aromatic nitrogens is 2. The Bertz CT molecular complexity index is 565. The van der Waals surface area contributed by atoms with Gasteiger partial charge in [-0.3, -0.25) is 9.48 Å². The van der Waals surface area contributed by atoms with Crippen molar-refractivity contribution in [3.05, 3.63) is 29.4 Å². The molecule has 0 aliphatic carbocycles. The Morgan fingerprint density at radius 3 is 3.11 bits per heavy atom. The minimum atomic E-state index is 0.0686. The number of nitrogens with zero attached hydrogens (tertiary/aromatic N) is 2. The molecule has 0 saturated carbocycles. The highest BCUT2D eigenvalue weighted by Crippen LogP contribution is 2.22. The highest BCUT2D eigenvalue weighted by atomic mass is 35.5. The van der Waals surface area contributed by atoms with Crippen LogP contribution >= 0.6 is 11.6 Å². The van der Waals surface area contributed by atoms with E-state index in [1.54, 1.807) is 6.20 Å². The number of halogens is 1. The van der Waals surface area contributed by atoms with Gasteiger partial charge in [-0.2, -0.15) is 5.10 Å². The molecule has 0 atom stereocenters. The van der Waals surface area contributed by atoms with Gasteiger partial charge in [-0.25, -0.2) is 0 Å². The molecule has 1 N–H and O–H groups in total. The van der Waals surface area contributed by atoms with Gasteiger partial charge in [0.05, 0.1) is 23.3 Å². The number of carbonyl (C=O) groups excluding carboxylic acids is 1. The van der Waals surface area contributed by atoms with E-state index < -0.39 is 0 Å². The molecule has 0 fully saturated rings. The molecule has 4 nitrogen and oxygen atoms in total. The number of nitrogens with one attached hydrogen (secondary N) is 1. The van der Waals surface area contributed by atoms with Gasteiger partial charge in [-0.05, 0) is 18.6 Å². The molecule has 0 saturated heterocycles. The summed E-state index contributed by atoms with van der Waals surface area (Å²) < 4.78 is 1.82. The van der Waals surface area contributed by atoms with Crippen molar-refractivity contribution in [2.45, 2.75) is 32.7 Å². The summed E-state index contributed by atoms with van der Waals surface area (Å²) in [5.74, 6) is 0.0686. The number of fused-ring (bicyclic) bond motifs is 1. The molecule has 19 heavy (non-hydrogen) atoms. The molecule has 102 valence electrons. The van der Waals surface area contributed by atoms with Crippen molar-refractivity contribution in [2.75, 3.05) is 6.54 Å². The molecule has 0 aliphatic heterocycles. The average Bonchev–Trinajstić information content (AvgIpc) is 2.81. The highest BCUT2D eigenvalue weighted by molar-refractivity contribution is 6.35. The van der Waals surface area contributed by atoms with E-state index in [0.29, 0.717) is 18.0 Å². The molecule has 0 radical (unpaired) electrons. The van der Waals surface area contributed by atoms with Crippen molar-refractivity contribution in [2.24, 2.45) is 0 Å². The number of carbonyl (C=O) groups is 1. The van der Waals surface area contributed by atoms with E-state index in [9.17, 15) is 4.79 Å². The maximum absolute atomic E-state index is 11.6. The number of benzene rings is 1. The fourth-order valence-corrected chi connectivity index (χ4v) is 2.17. The summed E-state index contributed by atoms with van der Waals surface area (Å²) in [4.78, 5) is 11.6. The Hall–Kier alpha value is -1.55. The van der Waals surface area contributed by atoms with Crippen molar-refractivity contribution >= 4 is 28.4 Å². The van der Waals surface area contributed by atoms with Gasteiger partial charge in [0.25, 0.3) is 0 Å². The lowest BCUT2D eigenvalue weighted by Gasteiger charge is -2.05. The fraction of sp³-hybridized carbons (Fsp3) is 0.429. The van der Waals surface area contributed by atoms with Crippen molar-refractivity contribution in [1.29, 1.82) is 0 Å². The summed E-state index contributed by atoms with van der Waals surface area (Å²) in [5.41, 5.74) is 0.967. The monoisotopic (exact) mass is 279 g/mol. The van der Waals surface area contributed by atoms with Crippen LogP contribution in [0.4, 0.5) is 0 Å². The summed E-state index contributed by atoms with van der Waals surface area (Å²) in [6, 6.07) is 5.70. The molecule has 2 aromatic rings. The van der Waals surface area contributed by atoms with Gasteiger partial charge in [0.15, 0.2) is 0 Å². The van der Waals surface area contributed by atoms with Crippen molar-refractivity contribution in [3.8, 4) is 0 Å². The Kier molecular flexibility index (Phi) is 4.80. The first-order valence-electron chi connectivity index (χ1n) is 6.59. The molecule has 1 amide bonds. The van der Waals surface area contributed by atoms with Gasteiger partial charge in [0, 0.05) is 18.4 Å². The predicted molar refractivity (Wildman–Crippen MR) is 77.3 cm³/mol. The van der Waals surface area contributed by atoms with Gasteiger partial charge in [-0.15, -0.1) is 0 Å². The first-order chi connectivity index (χ1) is 9.22. The van der Waals surface area contributed by atoms with Crippen molar-refractivity contribution < 1.29 is 4.79 Å². The fourth-order valence-electron chi connectivity index (χ4n) is 1.95. The van der Waals surface area contributed by atoms with E-state index >= 15 is 0 Å². The van der Waals surface area contributed by atoms with E-state index in [1.165, 1.54) is 0 Å². The Labute approximate surface area is 117 Å². The van der Waals surface area contributed by atoms with Crippen LogP contribution in [0.1, 0.15) is 26.2 Å². The third-order valence-electron chi connectivity index (χ3n) is 3.04. The first-order valence-corrected chi connectivity index (χ1v) is 6.97. The van der Waals surface area contributed by atoms with Crippen LogP contribution in [0.3, 0.4) is 0 Å². The van der Waals surface area contributed by atoms with Gasteiger partial charge < -0.3 is 5.32 Å². The zero-order valence-corrected chi connectivity index (χ0v) is 11.8. The van der Waals surface area contributed by atoms with Crippen LogP contribution in [0, 0.1) is 0 Å². The smallest absolute Gasteiger partial charge is 0.221 e. The molecular formula is C14H18ClN3O. The van der Waals surface area contributed by atoms with Crippen LogP contribution in [-0.2, 0) is 11.3 Å². The topological polar surface area (TPSA) is 46.9 Å². The van der Waals surface area contributed by atoms with E-state index in [1.807, 2.05) is 22.9 Å². The molecule has 1 aromatic heterocycles. The lowest BCUT2D eigenvalue weighted by Crippen LogP contribution is -2.25. The SMILES string of the molecule is CCCCNC(=O)CCn1ncc2c(Cl)cccc21. The first kappa shape index (κ1) is 13.9. The van der Waals surface area contributed by atoms with Gasteiger partial charge in [0.2, 0.25) is 5.91 Å². The Morgan fingerprint density at radius 1 is 1.47 bits per heavy atom. The maximum atomic E-state index is 11.6. The molecule has 1 aromatic carbocycles. The number of aryl methyl sites for hydroxylation is 1. The van der Waals surface area contributed by atoms with Crippen LogP contribution in [0.2, 0.25) is 5.02 Å². The summed E-state index contributed by atoms with van der Waals surface area (Å²) >= 11 is 6.08. The number of rotatable bonds is 6. The normalized spacial score (nSPS) is 10.8. The van der Waals surface area contributed by atoms with Gasteiger partial charge in [0.1, 0.15) is 0 Å². The second-order valence-corrected chi connectivity index (χ2v) is 4.90. The maximum Gasteiger partial charge on any atom is 0.221 e. The highest BCUT2D eigenvalue weighted by Gasteiger charge is 2.07. The van der Waals surface area contributed by atoms with Crippen LogP contribution < -0.4 is 5.32 Å². The van der Waals surface area contributed by atoms with Crippen LogP contribution in [0.15, 0.2) is 24.4 Å². The standard InChI is InChI=1S/C14H18ClN3O/c1-2-3-8-16-14(19)7-9-18-13-6-4-5-12(15)11(13)10-17-18/h4-6,10H,2-3,7-9H2,1H3,(H,16,19). The second kappa shape index (κ2) is 6.57.